The van der Waals surface area contributed by atoms with E-state index >= 15 is 0 Å². The number of benzene rings is 7. The summed E-state index contributed by atoms with van der Waals surface area (Å²) in [7, 11) is 0. The van der Waals surface area contributed by atoms with Gasteiger partial charge in [0.2, 0.25) is 0 Å². The maximum atomic E-state index is 5.28. The molecule has 0 bridgehead atoms. The first kappa shape index (κ1) is 29.8. The first-order valence-corrected chi connectivity index (χ1v) is 17.5. The molecule has 0 saturated carbocycles. The zero-order valence-corrected chi connectivity index (χ0v) is 28.3. The largest absolute Gasteiger partial charge is 0.309 e. The fourth-order valence-corrected chi connectivity index (χ4v) is 7.66. The normalized spacial score (nSPS) is 11.5. The molecule has 7 aromatic carbocycles. The lowest BCUT2D eigenvalue weighted by atomic mass is 10.1. The smallest absolute Gasteiger partial charge is 0.160 e. The Balaban J connectivity index is 1.16. The van der Waals surface area contributed by atoms with E-state index in [0.717, 1.165) is 56.0 Å². The quantitative estimate of drug-likeness (QED) is 0.177. The lowest BCUT2D eigenvalue weighted by Gasteiger charge is -2.13. The maximum absolute atomic E-state index is 5.28. The summed E-state index contributed by atoms with van der Waals surface area (Å²) >= 11 is 0. The van der Waals surface area contributed by atoms with Crippen molar-refractivity contribution >= 4 is 49.7 Å². The van der Waals surface area contributed by atoms with E-state index in [2.05, 4.69) is 186 Å². The maximum Gasteiger partial charge on any atom is 0.160 e. The highest BCUT2D eigenvalue weighted by molar-refractivity contribution is 6.10. The highest BCUT2D eigenvalue weighted by Crippen LogP contribution is 2.36. The van der Waals surface area contributed by atoms with Gasteiger partial charge in [-0.05, 0) is 60.2 Å². The van der Waals surface area contributed by atoms with Crippen LogP contribution >= 0.6 is 0 Å². The number of hydrogen-bond donors (Lipinski definition) is 0. The van der Waals surface area contributed by atoms with Crippen LogP contribution < -0.4 is 0 Å². The molecule has 10 aromatic rings. The van der Waals surface area contributed by atoms with Crippen LogP contribution in [0.1, 0.15) is 5.56 Å². The minimum Gasteiger partial charge on any atom is -0.309 e. The van der Waals surface area contributed by atoms with E-state index in [1.165, 1.54) is 32.6 Å². The summed E-state index contributed by atoms with van der Waals surface area (Å²) in [5.74, 6) is 0.678. The van der Waals surface area contributed by atoms with Crippen LogP contribution in [-0.4, -0.2) is 19.1 Å². The number of rotatable bonds is 6. The highest BCUT2D eigenvalue weighted by Gasteiger charge is 2.17. The predicted molar refractivity (Wildman–Crippen MR) is 217 cm³/mol. The van der Waals surface area contributed by atoms with Gasteiger partial charge in [0.15, 0.2) is 5.82 Å². The van der Waals surface area contributed by atoms with Gasteiger partial charge in [-0.25, -0.2) is 9.97 Å². The number of para-hydroxylation sites is 3. The summed E-state index contributed by atoms with van der Waals surface area (Å²) in [5, 5.41) is 4.90. The molecule has 52 heavy (non-hydrogen) atoms. The lowest BCUT2D eigenvalue weighted by molar-refractivity contribution is 1.15. The Morgan fingerprint density at radius 2 is 0.865 bits per heavy atom. The lowest BCUT2D eigenvalue weighted by Crippen LogP contribution is -1.99. The van der Waals surface area contributed by atoms with Crippen molar-refractivity contribution in [3.05, 3.63) is 188 Å². The fourth-order valence-electron chi connectivity index (χ4n) is 7.66. The molecule has 4 nitrogen and oxygen atoms in total. The molecule has 10 rings (SSSR count). The summed E-state index contributed by atoms with van der Waals surface area (Å²) < 4.78 is 4.68. The molecule has 244 valence electrons. The van der Waals surface area contributed by atoms with Crippen molar-refractivity contribution < 1.29 is 0 Å². The monoisotopic (exact) mass is 664 g/mol. The molecule has 0 unspecified atom stereocenters. The van der Waals surface area contributed by atoms with Gasteiger partial charge in [-0.1, -0.05) is 134 Å². The van der Waals surface area contributed by atoms with Gasteiger partial charge in [0.25, 0.3) is 0 Å². The van der Waals surface area contributed by atoms with Crippen LogP contribution in [0.5, 0.6) is 0 Å². The predicted octanol–water partition coefficient (Wildman–Crippen LogP) is 12.3. The Labute approximate surface area is 301 Å². The van der Waals surface area contributed by atoms with Gasteiger partial charge in [0.05, 0.1) is 33.5 Å². The third-order valence-corrected chi connectivity index (χ3v) is 10.1. The Morgan fingerprint density at radius 3 is 1.48 bits per heavy atom. The van der Waals surface area contributed by atoms with Crippen LogP contribution in [0.15, 0.2) is 183 Å². The van der Waals surface area contributed by atoms with Crippen molar-refractivity contribution in [3.8, 4) is 45.3 Å². The number of hydrogen-bond acceptors (Lipinski definition) is 2. The first-order chi connectivity index (χ1) is 25.7. The standard InChI is InChI=1S/C48H32N4/c1-2-32-26-27-41-40-22-8-11-25-46(40)52(47(41)28-32)36-18-12-16-34(29-36)43-31-42(33-14-4-3-5-15-33)49-48(50-43)35-17-13-19-37(30-35)51-44-23-9-6-20-38(44)39-21-7-10-24-45(39)51/h2-31H,1H2. The van der Waals surface area contributed by atoms with Crippen molar-refractivity contribution in [2.45, 2.75) is 0 Å². The molecule has 0 N–H and O–H groups in total. The minimum atomic E-state index is 0.678. The van der Waals surface area contributed by atoms with Crippen molar-refractivity contribution in [1.82, 2.24) is 19.1 Å². The molecule has 0 aliphatic heterocycles. The summed E-state index contributed by atoms with van der Waals surface area (Å²) in [6, 6.07) is 62.1. The number of fused-ring (bicyclic) bond motifs is 6. The molecule has 0 aliphatic carbocycles. The van der Waals surface area contributed by atoms with Crippen molar-refractivity contribution in [3.63, 3.8) is 0 Å². The van der Waals surface area contributed by atoms with Crippen LogP contribution in [0, 0.1) is 0 Å². The number of nitrogens with zero attached hydrogens (tertiary/aromatic N) is 4. The second kappa shape index (κ2) is 12.1. The van der Waals surface area contributed by atoms with Crippen molar-refractivity contribution in [2.24, 2.45) is 0 Å². The molecular weight excluding hydrogens is 633 g/mol. The van der Waals surface area contributed by atoms with Gasteiger partial charge < -0.3 is 9.13 Å². The van der Waals surface area contributed by atoms with E-state index in [0.29, 0.717) is 5.82 Å². The molecular formula is C48H32N4. The molecule has 3 heterocycles. The van der Waals surface area contributed by atoms with E-state index in [-0.39, 0.29) is 0 Å². The van der Waals surface area contributed by atoms with Gasteiger partial charge in [-0.2, -0.15) is 0 Å². The van der Waals surface area contributed by atoms with E-state index in [1.54, 1.807) is 0 Å². The van der Waals surface area contributed by atoms with Crippen LogP contribution in [0.25, 0.3) is 95.0 Å². The molecule has 0 saturated heterocycles. The van der Waals surface area contributed by atoms with E-state index < -0.39 is 0 Å². The molecule has 0 fully saturated rings. The van der Waals surface area contributed by atoms with Crippen LogP contribution in [0.2, 0.25) is 0 Å². The summed E-state index contributed by atoms with van der Waals surface area (Å²) in [5.41, 5.74) is 12.6. The van der Waals surface area contributed by atoms with Crippen LogP contribution in [0.3, 0.4) is 0 Å². The first-order valence-electron chi connectivity index (χ1n) is 17.5. The molecule has 3 aromatic heterocycles. The zero-order valence-electron chi connectivity index (χ0n) is 28.3. The Bertz CT molecular complexity index is 2930. The van der Waals surface area contributed by atoms with Gasteiger partial charge in [-0.3, -0.25) is 0 Å². The van der Waals surface area contributed by atoms with Crippen molar-refractivity contribution in [1.29, 1.82) is 0 Å². The molecule has 0 aliphatic rings. The number of aromatic nitrogens is 4. The van der Waals surface area contributed by atoms with Gasteiger partial charge in [0, 0.05) is 49.6 Å². The zero-order chi connectivity index (χ0) is 34.6. The van der Waals surface area contributed by atoms with Crippen LogP contribution in [0.4, 0.5) is 0 Å². The van der Waals surface area contributed by atoms with Gasteiger partial charge in [-0.15, -0.1) is 0 Å². The summed E-state index contributed by atoms with van der Waals surface area (Å²) in [6.07, 6.45) is 1.90. The van der Waals surface area contributed by atoms with E-state index in [4.69, 9.17) is 9.97 Å². The van der Waals surface area contributed by atoms with Gasteiger partial charge in [0.1, 0.15) is 0 Å². The molecule has 4 heteroatoms. The summed E-state index contributed by atoms with van der Waals surface area (Å²) in [4.78, 5) is 10.5. The Morgan fingerprint density at radius 1 is 0.385 bits per heavy atom. The summed E-state index contributed by atoms with van der Waals surface area (Å²) in [6.45, 7) is 4.04. The highest BCUT2D eigenvalue weighted by atomic mass is 15.0. The molecule has 0 atom stereocenters. The third kappa shape index (κ3) is 4.84. The van der Waals surface area contributed by atoms with Crippen LogP contribution in [-0.2, 0) is 0 Å². The third-order valence-electron chi connectivity index (χ3n) is 10.1. The average Bonchev–Trinajstić information content (AvgIpc) is 3.74. The SMILES string of the molecule is C=Cc1ccc2c3ccccc3n(-c3cccc(-c4cc(-c5ccccc5)nc(-c5cccc(-n6c7ccccc7c7ccccc76)c5)n4)c3)c2c1. The van der Waals surface area contributed by atoms with Crippen molar-refractivity contribution in [2.75, 3.05) is 0 Å². The second-order valence-corrected chi connectivity index (χ2v) is 13.1. The molecule has 0 amide bonds. The average molecular weight is 665 g/mol. The minimum absolute atomic E-state index is 0.678. The van der Waals surface area contributed by atoms with E-state index in [1.807, 2.05) is 12.1 Å². The fraction of sp³-hybridized carbons (Fsp3) is 0. The molecule has 0 radical (unpaired) electrons. The topological polar surface area (TPSA) is 35.6 Å². The Kier molecular flexibility index (Phi) is 6.93. The Hall–Kier alpha value is -7.04. The second-order valence-electron chi connectivity index (χ2n) is 13.1. The van der Waals surface area contributed by atoms with E-state index in [9.17, 15) is 0 Å². The van der Waals surface area contributed by atoms with Gasteiger partial charge >= 0.3 is 0 Å². The molecule has 0 spiro atoms.